The molecular formula is C39H41N5OS2. The molecule has 2 aromatic heterocycles. The van der Waals surface area contributed by atoms with Gasteiger partial charge in [-0.15, -0.1) is 22.7 Å². The van der Waals surface area contributed by atoms with Crippen LogP contribution in [0.4, 0.5) is 17.1 Å². The second-order valence-electron chi connectivity index (χ2n) is 13.3. The minimum Gasteiger partial charge on any atom is -0.508 e. The summed E-state index contributed by atoms with van der Waals surface area (Å²) in [5, 5.41) is 34.7. The molecule has 0 bridgehead atoms. The second kappa shape index (κ2) is 13.4. The van der Waals surface area contributed by atoms with Gasteiger partial charge in [0.1, 0.15) is 15.8 Å². The molecule has 47 heavy (non-hydrogen) atoms. The number of aromatic hydroxyl groups is 1. The molecule has 0 atom stereocenters. The predicted octanol–water partition coefficient (Wildman–Crippen LogP) is 10.4. The fourth-order valence-corrected chi connectivity index (χ4v) is 7.85. The van der Waals surface area contributed by atoms with Gasteiger partial charge in [0.05, 0.1) is 24.5 Å². The summed E-state index contributed by atoms with van der Waals surface area (Å²) in [6.45, 7) is 11.0. The molecule has 0 amide bonds. The monoisotopic (exact) mass is 659 g/mol. The van der Waals surface area contributed by atoms with Crippen LogP contribution in [0, 0.1) is 11.8 Å². The Bertz CT molecular complexity index is 2010. The van der Waals surface area contributed by atoms with Crippen LogP contribution in [0.25, 0.3) is 32.3 Å². The zero-order chi connectivity index (χ0) is 32.5. The maximum absolute atomic E-state index is 9.66. The minimum absolute atomic E-state index is 0.282. The van der Waals surface area contributed by atoms with Crippen LogP contribution in [0.5, 0.6) is 5.75 Å². The van der Waals surface area contributed by atoms with E-state index in [2.05, 4.69) is 96.9 Å². The highest BCUT2D eigenvalue weighted by molar-refractivity contribution is 7.09. The van der Waals surface area contributed by atoms with Gasteiger partial charge in [0.2, 0.25) is 0 Å². The van der Waals surface area contributed by atoms with Crippen molar-refractivity contribution in [3.63, 3.8) is 0 Å². The lowest BCUT2D eigenvalue weighted by molar-refractivity contribution is 0.475. The normalized spacial score (nSPS) is 11.9. The van der Waals surface area contributed by atoms with E-state index in [1.165, 1.54) is 43.7 Å². The van der Waals surface area contributed by atoms with Crippen LogP contribution < -0.4 is 16.0 Å². The van der Waals surface area contributed by atoms with Gasteiger partial charge in [0.15, 0.2) is 0 Å². The molecule has 4 N–H and O–H groups in total. The van der Waals surface area contributed by atoms with E-state index in [1.807, 2.05) is 12.1 Å². The molecule has 8 heteroatoms. The molecular weight excluding hydrogens is 619 g/mol. The van der Waals surface area contributed by atoms with Crippen LogP contribution in [-0.2, 0) is 32.5 Å². The summed E-state index contributed by atoms with van der Waals surface area (Å²) in [6, 6.07) is 23.1. The molecule has 0 aliphatic heterocycles. The molecule has 240 valence electrons. The van der Waals surface area contributed by atoms with Gasteiger partial charge in [-0.2, -0.15) is 0 Å². The topological polar surface area (TPSA) is 82.1 Å². The SMILES string of the molecule is CC(C)Cc1csc(CNc2cc(NCc3nc(CC(C)C)cs3)c3ccc4cc(NCc5ccc(O)cc5)cc5ccc2c3c54)n1. The van der Waals surface area contributed by atoms with Gasteiger partial charge < -0.3 is 21.1 Å². The molecule has 0 aliphatic carbocycles. The van der Waals surface area contributed by atoms with Crippen molar-refractivity contribution in [1.29, 1.82) is 0 Å². The largest absolute Gasteiger partial charge is 0.508 e. The van der Waals surface area contributed by atoms with E-state index >= 15 is 0 Å². The van der Waals surface area contributed by atoms with Crippen LogP contribution in [0.2, 0.25) is 0 Å². The Balaban J connectivity index is 1.24. The quantitative estimate of drug-likeness (QED) is 0.0923. The molecule has 0 fully saturated rings. The van der Waals surface area contributed by atoms with Crippen LogP contribution in [-0.4, -0.2) is 15.1 Å². The standard InChI is InChI=1S/C39H41N5OS2/c1-23(2)13-29-21-46-36(43-29)19-41-34-17-35(42-20-37-44-30(22-47-37)14-24(3)4)33-12-8-27-16-28(40-18-25-5-9-31(45)10-6-25)15-26-7-11-32(34)39(33)38(26)27/h5-12,15-17,21-24,40-42,45H,13-14,18-20H2,1-4H3. The van der Waals surface area contributed by atoms with Crippen molar-refractivity contribution in [2.24, 2.45) is 11.8 Å². The zero-order valence-electron chi connectivity index (χ0n) is 27.4. The van der Waals surface area contributed by atoms with Crippen molar-refractivity contribution in [2.75, 3.05) is 16.0 Å². The fourth-order valence-electron chi connectivity index (χ4n) is 6.35. The van der Waals surface area contributed by atoms with Crippen molar-refractivity contribution < 1.29 is 5.11 Å². The number of phenolic OH excluding ortho intramolecular Hbond substituents is 1. The smallest absolute Gasteiger partial charge is 0.115 e. The summed E-state index contributed by atoms with van der Waals surface area (Å²) in [7, 11) is 0. The maximum atomic E-state index is 9.66. The highest BCUT2D eigenvalue weighted by atomic mass is 32.1. The van der Waals surface area contributed by atoms with Crippen LogP contribution in [0.3, 0.4) is 0 Å². The van der Waals surface area contributed by atoms with Crippen molar-refractivity contribution in [3.8, 4) is 5.75 Å². The van der Waals surface area contributed by atoms with Crippen LogP contribution in [0.1, 0.15) is 54.7 Å². The summed E-state index contributed by atoms with van der Waals surface area (Å²) in [5.74, 6) is 1.46. The molecule has 0 saturated carbocycles. The summed E-state index contributed by atoms with van der Waals surface area (Å²) in [5.41, 5.74) is 6.74. The predicted molar refractivity (Wildman–Crippen MR) is 202 cm³/mol. The van der Waals surface area contributed by atoms with Gasteiger partial charge in [0.25, 0.3) is 0 Å². The maximum Gasteiger partial charge on any atom is 0.115 e. The van der Waals surface area contributed by atoms with Gasteiger partial charge in [-0.3, -0.25) is 0 Å². The zero-order valence-corrected chi connectivity index (χ0v) is 29.0. The van der Waals surface area contributed by atoms with Crippen LogP contribution in [0.15, 0.2) is 77.5 Å². The Morgan fingerprint density at radius 1 is 0.617 bits per heavy atom. The first-order chi connectivity index (χ1) is 22.8. The minimum atomic E-state index is 0.282. The molecule has 0 aliphatic rings. The molecule has 2 heterocycles. The van der Waals surface area contributed by atoms with E-state index in [4.69, 9.17) is 9.97 Å². The molecule has 0 saturated heterocycles. The number of nitrogens with zero attached hydrogens (tertiary/aromatic N) is 2. The number of phenols is 1. The number of hydrogen-bond donors (Lipinski definition) is 4. The summed E-state index contributed by atoms with van der Waals surface area (Å²) < 4.78 is 0. The van der Waals surface area contributed by atoms with E-state index in [9.17, 15) is 5.11 Å². The number of nitrogens with one attached hydrogen (secondary N) is 3. The van der Waals surface area contributed by atoms with Crippen molar-refractivity contribution in [1.82, 2.24) is 9.97 Å². The number of rotatable bonds is 13. The average molecular weight is 660 g/mol. The third-order valence-corrected chi connectivity index (χ3v) is 10.2. The lowest BCUT2D eigenvalue weighted by Gasteiger charge is -2.19. The van der Waals surface area contributed by atoms with Gasteiger partial charge in [-0.05, 0) is 76.7 Å². The first-order valence-corrected chi connectivity index (χ1v) is 18.2. The number of anilines is 3. The Hall–Kier alpha value is -4.40. The molecule has 7 rings (SSSR count). The molecule has 7 aromatic rings. The number of aromatic nitrogens is 2. The van der Waals surface area contributed by atoms with Crippen molar-refractivity contribution in [3.05, 3.63) is 104 Å². The number of thiazole rings is 2. The molecule has 0 radical (unpaired) electrons. The first kappa shape index (κ1) is 31.2. The fraction of sp³-hybridized carbons (Fsp3) is 0.282. The lowest BCUT2D eigenvalue weighted by atomic mass is 9.92. The Morgan fingerprint density at radius 3 is 1.66 bits per heavy atom. The van der Waals surface area contributed by atoms with E-state index in [0.717, 1.165) is 45.5 Å². The van der Waals surface area contributed by atoms with Crippen molar-refractivity contribution >= 4 is 72.1 Å². The van der Waals surface area contributed by atoms with Gasteiger partial charge >= 0.3 is 0 Å². The van der Waals surface area contributed by atoms with E-state index < -0.39 is 0 Å². The summed E-state index contributed by atoms with van der Waals surface area (Å²) >= 11 is 3.46. The van der Waals surface area contributed by atoms with Gasteiger partial charge in [-0.25, -0.2) is 9.97 Å². The second-order valence-corrected chi connectivity index (χ2v) is 15.1. The molecule has 5 aromatic carbocycles. The Morgan fingerprint density at radius 2 is 1.15 bits per heavy atom. The van der Waals surface area contributed by atoms with E-state index in [-0.39, 0.29) is 5.75 Å². The Labute approximate surface area is 284 Å². The molecule has 0 spiro atoms. The lowest BCUT2D eigenvalue weighted by Crippen LogP contribution is -2.05. The third-order valence-electron chi connectivity index (χ3n) is 8.44. The van der Waals surface area contributed by atoms with Gasteiger partial charge in [-0.1, -0.05) is 64.1 Å². The average Bonchev–Trinajstić information content (AvgIpc) is 3.69. The van der Waals surface area contributed by atoms with E-state index in [1.54, 1.807) is 34.8 Å². The number of benzene rings is 5. The first-order valence-electron chi connectivity index (χ1n) is 16.4. The third kappa shape index (κ3) is 6.99. The van der Waals surface area contributed by atoms with E-state index in [0.29, 0.717) is 31.5 Å². The van der Waals surface area contributed by atoms with Gasteiger partial charge in [0, 0.05) is 50.5 Å². The molecule has 0 unspecified atom stereocenters. The highest BCUT2D eigenvalue weighted by Crippen LogP contribution is 2.43. The molecule has 6 nitrogen and oxygen atoms in total. The number of hydrogen-bond acceptors (Lipinski definition) is 8. The Kier molecular flexibility index (Phi) is 8.88. The summed E-state index contributed by atoms with van der Waals surface area (Å²) in [6.07, 6.45) is 2.01. The van der Waals surface area contributed by atoms with Crippen LogP contribution >= 0.6 is 22.7 Å². The highest BCUT2D eigenvalue weighted by Gasteiger charge is 2.17. The summed E-state index contributed by atoms with van der Waals surface area (Å²) in [4.78, 5) is 9.83. The van der Waals surface area contributed by atoms with Crippen molar-refractivity contribution in [2.45, 2.75) is 60.2 Å².